The Hall–Kier alpha value is -1.58. The molecule has 1 heterocycles. The molecule has 2 rings (SSSR count). The Kier molecular flexibility index (Phi) is 4.55. The molecule has 0 aliphatic rings. The second-order valence-corrected chi connectivity index (χ2v) is 7.59. The van der Waals surface area contributed by atoms with Crippen LogP contribution in [-0.2, 0) is 10.0 Å². The molecular formula is C12H10BrNO5S2. The number of nitrogens with one attached hydrogen (secondary N) is 1. The molecule has 2 aromatic rings. The number of thiophene rings is 1. The van der Waals surface area contributed by atoms with E-state index in [0.29, 0.717) is 15.9 Å². The van der Waals surface area contributed by atoms with Crippen LogP contribution < -0.4 is 9.46 Å². The maximum Gasteiger partial charge on any atom is 0.336 e. The molecule has 0 saturated heterocycles. The van der Waals surface area contributed by atoms with E-state index in [0.717, 1.165) is 17.4 Å². The molecule has 0 bridgehead atoms. The fraction of sp³-hybridized carbons (Fsp3) is 0.0833. The van der Waals surface area contributed by atoms with Crippen molar-refractivity contribution in [3.63, 3.8) is 0 Å². The standard InChI is InChI=1S/C12H10BrNO5S2/c1-19-10-3-2-8(5-9(10)13)14-21(17,18)11-4-7(6-20-11)12(15)16/h2-6,14H,1H3,(H,15,16). The molecule has 0 spiro atoms. The van der Waals surface area contributed by atoms with Crippen LogP contribution in [0.2, 0.25) is 0 Å². The SMILES string of the molecule is COc1ccc(NS(=O)(=O)c2cc(C(=O)O)cs2)cc1Br. The molecule has 6 nitrogen and oxygen atoms in total. The van der Waals surface area contributed by atoms with Crippen molar-refractivity contribution in [2.75, 3.05) is 11.8 Å². The molecule has 9 heteroatoms. The minimum absolute atomic E-state index is 0.0590. The minimum Gasteiger partial charge on any atom is -0.496 e. The molecule has 1 aromatic heterocycles. The summed E-state index contributed by atoms with van der Waals surface area (Å²) in [4.78, 5) is 10.8. The first kappa shape index (κ1) is 15.8. The van der Waals surface area contributed by atoms with Crippen LogP contribution in [0.25, 0.3) is 0 Å². The van der Waals surface area contributed by atoms with Crippen LogP contribution in [0.15, 0.2) is 38.3 Å². The van der Waals surface area contributed by atoms with Gasteiger partial charge in [0.2, 0.25) is 0 Å². The van der Waals surface area contributed by atoms with E-state index in [9.17, 15) is 13.2 Å². The fourth-order valence-corrected chi connectivity index (χ4v) is 4.25. The van der Waals surface area contributed by atoms with Crippen LogP contribution in [0.4, 0.5) is 5.69 Å². The minimum atomic E-state index is -3.82. The Bertz CT molecular complexity index is 785. The van der Waals surface area contributed by atoms with Crippen LogP contribution in [0.1, 0.15) is 10.4 Å². The zero-order valence-corrected chi connectivity index (χ0v) is 13.9. The second-order valence-electron chi connectivity index (χ2n) is 3.91. The van der Waals surface area contributed by atoms with Gasteiger partial charge in [-0.2, -0.15) is 0 Å². The van der Waals surface area contributed by atoms with Crippen LogP contribution >= 0.6 is 27.3 Å². The van der Waals surface area contributed by atoms with E-state index in [1.165, 1.54) is 12.5 Å². The summed E-state index contributed by atoms with van der Waals surface area (Å²) in [5, 5.41) is 10.1. The van der Waals surface area contributed by atoms with Gasteiger partial charge in [-0.1, -0.05) is 0 Å². The van der Waals surface area contributed by atoms with Crippen molar-refractivity contribution in [2.24, 2.45) is 0 Å². The average Bonchev–Trinajstić information content (AvgIpc) is 2.89. The number of hydrogen-bond acceptors (Lipinski definition) is 5. The zero-order chi connectivity index (χ0) is 15.6. The van der Waals surface area contributed by atoms with Gasteiger partial charge in [-0.25, -0.2) is 13.2 Å². The van der Waals surface area contributed by atoms with Crippen molar-refractivity contribution in [1.82, 2.24) is 0 Å². The number of carbonyl (C=O) groups is 1. The molecule has 0 aliphatic heterocycles. The molecule has 0 atom stereocenters. The van der Waals surface area contributed by atoms with Crippen molar-refractivity contribution in [1.29, 1.82) is 0 Å². The number of rotatable bonds is 5. The molecule has 0 aliphatic carbocycles. The van der Waals surface area contributed by atoms with E-state index >= 15 is 0 Å². The van der Waals surface area contributed by atoms with Crippen LogP contribution in [0, 0.1) is 0 Å². The van der Waals surface area contributed by atoms with Gasteiger partial charge in [-0.3, -0.25) is 4.72 Å². The number of carboxylic acids is 1. The van der Waals surface area contributed by atoms with Crippen molar-refractivity contribution in [2.45, 2.75) is 4.21 Å². The lowest BCUT2D eigenvalue weighted by molar-refractivity contribution is 0.0697. The molecule has 112 valence electrons. The molecule has 0 unspecified atom stereocenters. The lowest BCUT2D eigenvalue weighted by Gasteiger charge is -2.08. The summed E-state index contributed by atoms with van der Waals surface area (Å²) in [5.41, 5.74) is 0.282. The first-order valence-electron chi connectivity index (χ1n) is 5.51. The Balaban J connectivity index is 2.28. The van der Waals surface area contributed by atoms with E-state index in [-0.39, 0.29) is 9.77 Å². The van der Waals surface area contributed by atoms with Gasteiger partial charge in [-0.15, -0.1) is 11.3 Å². The Morgan fingerprint density at radius 3 is 2.62 bits per heavy atom. The van der Waals surface area contributed by atoms with E-state index in [1.54, 1.807) is 18.2 Å². The fourth-order valence-electron chi connectivity index (χ4n) is 1.50. The predicted molar refractivity (Wildman–Crippen MR) is 82.8 cm³/mol. The monoisotopic (exact) mass is 391 g/mol. The number of halogens is 1. The molecule has 0 fully saturated rings. The molecule has 0 amide bonds. The van der Waals surface area contributed by atoms with Crippen LogP contribution in [0.3, 0.4) is 0 Å². The number of hydrogen-bond donors (Lipinski definition) is 2. The number of carboxylic acid groups (broad SMARTS) is 1. The molecule has 21 heavy (non-hydrogen) atoms. The van der Waals surface area contributed by atoms with Gasteiger partial charge in [0.25, 0.3) is 10.0 Å². The largest absolute Gasteiger partial charge is 0.496 e. The van der Waals surface area contributed by atoms with Gasteiger partial charge < -0.3 is 9.84 Å². The Morgan fingerprint density at radius 2 is 2.10 bits per heavy atom. The highest BCUT2D eigenvalue weighted by Gasteiger charge is 2.19. The van der Waals surface area contributed by atoms with Gasteiger partial charge >= 0.3 is 5.97 Å². The Labute approximate surface area is 133 Å². The Morgan fingerprint density at radius 1 is 1.38 bits per heavy atom. The molecule has 0 radical (unpaired) electrons. The van der Waals surface area contributed by atoms with Gasteiger partial charge in [0.15, 0.2) is 0 Å². The van der Waals surface area contributed by atoms with E-state index in [4.69, 9.17) is 9.84 Å². The van der Waals surface area contributed by atoms with Crippen molar-refractivity contribution in [3.05, 3.63) is 39.7 Å². The first-order valence-corrected chi connectivity index (χ1v) is 8.67. The number of ether oxygens (including phenoxy) is 1. The summed E-state index contributed by atoms with van der Waals surface area (Å²) < 4.78 is 32.3. The lowest BCUT2D eigenvalue weighted by atomic mass is 10.3. The van der Waals surface area contributed by atoms with Gasteiger partial charge in [0.05, 0.1) is 22.8 Å². The molecule has 2 N–H and O–H groups in total. The van der Waals surface area contributed by atoms with Crippen molar-refractivity contribution in [3.8, 4) is 5.75 Å². The number of benzene rings is 1. The van der Waals surface area contributed by atoms with Gasteiger partial charge in [0, 0.05) is 5.38 Å². The summed E-state index contributed by atoms with van der Waals surface area (Å²) in [5.74, 6) is -0.595. The number of aromatic carboxylic acids is 1. The quantitative estimate of drug-likeness (QED) is 0.816. The van der Waals surface area contributed by atoms with E-state index in [2.05, 4.69) is 20.7 Å². The third kappa shape index (κ3) is 3.55. The number of anilines is 1. The molecule has 0 saturated carbocycles. The van der Waals surface area contributed by atoms with Crippen LogP contribution in [-0.4, -0.2) is 26.6 Å². The first-order chi connectivity index (χ1) is 9.83. The highest BCUT2D eigenvalue weighted by atomic mass is 79.9. The molecule has 1 aromatic carbocycles. The van der Waals surface area contributed by atoms with Crippen molar-refractivity contribution < 1.29 is 23.1 Å². The smallest absolute Gasteiger partial charge is 0.336 e. The van der Waals surface area contributed by atoms with Crippen LogP contribution in [0.5, 0.6) is 5.75 Å². The van der Waals surface area contributed by atoms with Gasteiger partial charge in [-0.05, 0) is 40.2 Å². The molecular weight excluding hydrogens is 382 g/mol. The highest BCUT2D eigenvalue weighted by molar-refractivity contribution is 9.10. The predicted octanol–water partition coefficient (Wildman–Crippen LogP) is 3.02. The normalized spacial score (nSPS) is 11.1. The maximum atomic E-state index is 12.2. The summed E-state index contributed by atoms with van der Waals surface area (Å²) >= 11 is 4.11. The summed E-state index contributed by atoms with van der Waals surface area (Å²) in [6, 6.07) is 5.84. The third-order valence-corrected chi connectivity index (χ3v) is 5.93. The second kappa shape index (κ2) is 6.04. The number of sulfonamides is 1. The average molecular weight is 392 g/mol. The summed E-state index contributed by atoms with van der Waals surface area (Å²) in [7, 11) is -2.32. The maximum absolute atomic E-state index is 12.2. The van der Waals surface area contributed by atoms with E-state index in [1.807, 2.05) is 0 Å². The summed E-state index contributed by atoms with van der Waals surface area (Å²) in [6.07, 6.45) is 0. The zero-order valence-electron chi connectivity index (χ0n) is 10.7. The van der Waals surface area contributed by atoms with E-state index < -0.39 is 16.0 Å². The lowest BCUT2D eigenvalue weighted by Crippen LogP contribution is -2.11. The highest BCUT2D eigenvalue weighted by Crippen LogP contribution is 2.29. The van der Waals surface area contributed by atoms with Gasteiger partial charge in [0.1, 0.15) is 9.96 Å². The third-order valence-electron chi connectivity index (χ3n) is 2.49. The van der Waals surface area contributed by atoms with Crippen molar-refractivity contribution >= 4 is 48.9 Å². The number of methoxy groups -OCH3 is 1. The summed E-state index contributed by atoms with van der Waals surface area (Å²) in [6.45, 7) is 0. The topological polar surface area (TPSA) is 92.7 Å².